The first kappa shape index (κ1) is 15.8. The smallest absolute Gasteiger partial charge is 0.132 e. The van der Waals surface area contributed by atoms with Gasteiger partial charge in [0.05, 0.1) is 0 Å². The minimum atomic E-state index is -0.0250. The van der Waals surface area contributed by atoms with E-state index < -0.39 is 0 Å². The van der Waals surface area contributed by atoms with Crippen LogP contribution in [0.3, 0.4) is 0 Å². The summed E-state index contributed by atoms with van der Waals surface area (Å²) in [6.45, 7) is 0. The summed E-state index contributed by atoms with van der Waals surface area (Å²) in [5, 5.41) is 42.1. The van der Waals surface area contributed by atoms with E-state index in [0.717, 1.165) is 5.56 Å². The zero-order chi connectivity index (χ0) is 18.3. The van der Waals surface area contributed by atoms with Crippen molar-refractivity contribution in [3.05, 3.63) is 72.8 Å². The Labute approximate surface area is 149 Å². The third-order valence-corrected chi connectivity index (χ3v) is 4.46. The first-order valence-electron chi connectivity index (χ1n) is 8.11. The van der Waals surface area contributed by atoms with Crippen molar-refractivity contribution in [3.63, 3.8) is 0 Å². The van der Waals surface area contributed by atoms with Gasteiger partial charge in [0.1, 0.15) is 23.0 Å². The molecule has 0 saturated heterocycles. The van der Waals surface area contributed by atoms with Crippen LogP contribution in [-0.4, -0.2) is 20.4 Å². The fraction of sp³-hybridized carbons (Fsp3) is 0. The van der Waals surface area contributed by atoms with Crippen LogP contribution in [0.2, 0.25) is 0 Å². The van der Waals surface area contributed by atoms with Gasteiger partial charge in [-0.2, -0.15) is 0 Å². The summed E-state index contributed by atoms with van der Waals surface area (Å²) in [6, 6.07) is 20.1. The Bertz CT molecular complexity index is 1100. The molecule has 0 amide bonds. The molecule has 0 heterocycles. The zero-order valence-electron chi connectivity index (χ0n) is 13.7. The van der Waals surface area contributed by atoms with E-state index in [4.69, 9.17) is 0 Å². The largest absolute Gasteiger partial charge is 0.508 e. The van der Waals surface area contributed by atoms with Gasteiger partial charge in [-0.05, 0) is 41.5 Å². The normalized spacial score (nSPS) is 10.9. The summed E-state index contributed by atoms with van der Waals surface area (Å²) in [5.41, 5.74) is 2.32. The molecule has 4 aromatic carbocycles. The standard InChI is InChI=1S/C22H16O4/c23-15-8-6-14(7-9-15)20-19(13-4-2-1-3-5-13)22(26)18-12-16(24)10-11-17(18)21(20)25/h1-12,23-26H. The minimum absolute atomic E-state index is 0.00217. The molecule has 4 aromatic rings. The Morgan fingerprint density at radius 3 is 1.65 bits per heavy atom. The lowest BCUT2D eigenvalue weighted by atomic mass is 9.89. The van der Waals surface area contributed by atoms with E-state index in [2.05, 4.69) is 0 Å². The van der Waals surface area contributed by atoms with Gasteiger partial charge in [-0.25, -0.2) is 0 Å². The molecule has 4 heteroatoms. The molecule has 26 heavy (non-hydrogen) atoms. The monoisotopic (exact) mass is 344 g/mol. The van der Waals surface area contributed by atoms with Gasteiger partial charge in [0, 0.05) is 21.9 Å². The third kappa shape index (κ3) is 2.48. The van der Waals surface area contributed by atoms with Crippen molar-refractivity contribution in [2.45, 2.75) is 0 Å². The van der Waals surface area contributed by atoms with Crippen molar-refractivity contribution in [1.82, 2.24) is 0 Å². The number of benzene rings is 4. The molecule has 0 spiro atoms. The lowest BCUT2D eigenvalue weighted by Crippen LogP contribution is -1.90. The summed E-state index contributed by atoms with van der Waals surface area (Å²) in [7, 11) is 0. The number of phenols is 4. The minimum Gasteiger partial charge on any atom is -0.508 e. The topological polar surface area (TPSA) is 80.9 Å². The molecular formula is C22H16O4. The second-order valence-corrected chi connectivity index (χ2v) is 6.09. The highest BCUT2D eigenvalue weighted by molar-refractivity contribution is 6.07. The van der Waals surface area contributed by atoms with E-state index in [9.17, 15) is 20.4 Å². The van der Waals surface area contributed by atoms with Crippen molar-refractivity contribution in [1.29, 1.82) is 0 Å². The Kier molecular flexibility index (Phi) is 3.66. The van der Waals surface area contributed by atoms with Crippen LogP contribution in [0.1, 0.15) is 0 Å². The maximum absolute atomic E-state index is 11.0. The molecule has 0 unspecified atom stereocenters. The highest BCUT2D eigenvalue weighted by atomic mass is 16.3. The van der Waals surface area contributed by atoms with Gasteiger partial charge in [-0.1, -0.05) is 42.5 Å². The summed E-state index contributed by atoms with van der Waals surface area (Å²) < 4.78 is 0. The van der Waals surface area contributed by atoms with E-state index in [1.807, 2.05) is 30.3 Å². The van der Waals surface area contributed by atoms with Crippen molar-refractivity contribution in [2.24, 2.45) is 0 Å². The average molecular weight is 344 g/mol. The van der Waals surface area contributed by atoms with E-state index in [1.165, 1.54) is 24.3 Å². The van der Waals surface area contributed by atoms with Crippen LogP contribution in [0.4, 0.5) is 0 Å². The maximum atomic E-state index is 11.0. The highest BCUT2D eigenvalue weighted by Gasteiger charge is 2.21. The van der Waals surface area contributed by atoms with Gasteiger partial charge in [-0.3, -0.25) is 0 Å². The fourth-order valence-corrected chi connectivity index (χ4v) is 3.24. The highest BCUT2D eigenvalue weighted by Crippen LogP contribution is 2.50. The predicted octanol–water partition coefficient (Wildman–Crippen LogP) is 5.00. The van der Waals surface area contributed by atoms with Crippen LogP contribution < -0.4 is 0 Å². The van der Waals surface area contributed by atoms with Crippen LogP contribution >= 0.6 is 0 Å². The SMILES string of the molecule is Oc1ccc(-c2c(-c3ccccc3)c(O)c3cc(O)ccc3c2O)cc1. The van der Waals surface area contributed by atoms with E-state index in [-0.39, 0.29) is 23.0 Å². The summed E-state index contributed by atoms with van der Waals surface area (Å²) >= 11 is 0. The molecule has 4 rings (SSSR count). The molecule has 0 atom stereocenters. The van der Waals surface area contributed by atoms with Gasteiger partial charge in [0.2, 0.25) is 0 Å². The Morgan fingerprint density at radius 1 is 0.462 bits per heavy atom. The molecule has 128 valence electrons. The van der Waals surface area contributed by atoms with Crippen molar-refractivity contribution in [2.75, 3.05) is 0 Å². The Hall–Kier alpha value is -3.66. The van der Waals surface area contributed by atoms with Gasteiger partial charge < -0.3 is 20.4 Å². The molecule has 0 aliphatic carbocycles. The van der Waals surface area contributed by atoms with E-state index in [1.54, 1.807) is 18.2 Å². The summed E-state index contributed by atoms with van der Waals surface area (Å²) in [6.07, 6.45) is 0. The molecule has 0 bridgehead atoms. The number of hydrogen-bond acceptors (Lipinski definition) is 4. The van der Waals surface area contributed by atoms with Gasteiger partial charge in [0.25, 0.3) is 0 Å². The molecule has 0 aliphatic rings. The number of aromatic hydroxyl groups is 4. The molecule has 4 nitrogen and oxygen atoms in total. The van der Waals surface area contributed by atoms with Crippen LogP contribution in [0.15, 0.2) is 72.8 Å². The number of hydrogen-bond donors (Lipinski definition) is 4. The zero-order valence-corrected chi connectivity index (χ0v) is 13.7. The first-order valence-corrected chi connectivity index (χ1v) is 8.11. The van der Waals surface area contributed by atoms with Gasteiger partial charge >= 0.3 is 0 Å². The van der Waals surface area contributed by atoms with Crippen molar-refractivity contribution in [3.8, 4) is 45.3 Å². The number of fused-ring (bicyclic) bond motifs is 1. The number of phenolic OH excluding ortho intramolecular Hbond substituents is 4. The molecule has 0 aliphatic heterocycles. The van der Waals surface area contributed by atoms with E-state index >= 15 is 0 Å². The lowest BCUT2D eigenvalue weighted by Gasteiger charge is -2.17. The van der Waals surface area contributed by atoms with Crippen LogP contribution in [-0.2, 0) is 0 Å². The first-order chi connectivity index (χ1) is 12.6. The molecule has 0 fully saturated rings. The van der Waals surface area contributed by atoms with Crippen molar-refractivity contribution >= 4 is 10.8 Å². The van der Waals surface area contributed by atoms with Gasteiger partial charge in [0.15, 0.2) is 0 Å². The lowest BCUT2D eigenvalue weighted by molar-refractivity contribution is 0.467. The Balaban J connectivity index is 2.16. The molecular weight excluding hydrogens is 328 g/mol. The van der Waals surface area contributed by atoms with E-state index in [0.29, 0.717) is 27.5 Å². The summed E-state index contributed by atoms with van der Waals surface area (Å²) in [4.78, 5) is 0. The molecule has 0 saturated carbocycles. The molecule has 4 N–H and O–H groups in total. The van der Waals surface area contributed by atoms with Crippen LogP contribution in [0.5, 0.6) is 23.0 Å². The third-order valence-electron chi connectivity index (χ3n) is 4.46. The second kappa shape index (κ2) is 6.01. The maximum Gasteiger partial charge on any atom is 0.132 e. The quantitative estimate of drug-likeness (QED) is 0.386. The van der Waals surface area contributed by atoms with Crippen LogP contribution in [0, 0.1) is 0 Å². The summed E-state index contributed by atoms with van der Waals surface area (Å²) in [5.74, 6) is 0.0957. The average Bonchev–Trinajstić information content (AvgIpc) is 2.66. The fourth-order valence-electron chi connectivity index (χ4n) is 3.24. The van der Waals surface area contributed by atoms with Crippen LogP contribution in [0.25, 0.3) is 33.0 Å². The molecule has 0 aromatic heterocycles. The second-order valence-electron chi connectivity index (χ2n) is 6.09. The predicted molar refractivity (Wildman–Crippen MR) is 101 cm³/mol. The Morgan fingerprint density at radius 2 is 1.00 bits per heavy atom. The van der Waals surface area contributed by atoms with Gasteiger partial charge in [-0.15, -0.1) is 0 Å². The molecule has 0 radical (unpaired) electrons. The van der Waals surface area contributed by atoms with Crippen molar-refractivity contribution < 1.29 is 20.4 Å². The number of rotatable bonds is 2.